The normalized spacial score (nSPS) is 32.6. The fourth-order valence-electron chi connectivity index (χ4n) is 5.59. The number of rotatable bonds is 7. The number of hydrogen-bond acceptors (Lipinski definition) is 5. The summed E-state index contributed by atoms with van der Waals surface area (Å²) in [5.41, 5.74) is 0.219. The third kappa shape index (κ3) is 2.36. The van der Waals surface area contributed by atoms with Gasteiger partial charge in [-0.15, -0.1) is 6.58 Å². The quantitative estimate of drug-likeness (QED) is 0.734. The zero-order valence-corrected chi connectivity index (χ0v) is 16.7. The Morgan fingerprint density at radius 3 is 2.86 bits per heavy atom. The Morgan fingerprint density at radius 1 is 1.39 bits per heavy atom. The largest absolute Gasteiger partial charge is 0.486 e. The minimum atomic E-state index is -1.06. The van der Waals surface area contributed by atoms with Crippen LogP contribution >= 0.6 is 0 Å². The van der Waals surface area contributed by atoms with Crippen molar-refractivity contribution < 1.29 is 19.4 Å². The van der Waals surface area contributed by atoms with Gasteiger partial charge in [0.25, 0.3) is 0 Å². The first-order chi connectivity index (χ1) is 13.4. The second-order valence-electron chi connectivity index (χ2n) is 8.21. The number of likely N-dealkylation sites (N-methyl/N-ethyl adjacent to an activating group) is 1. The number of ether oxygens (including phenoxy) is 2. The lowest BCUT2D eigenvalue weighted by molar-refractivity contribution is -0.165. The van der Waals surface area contributed by atoms with Crippen molar-refractivity contribution in [2.45, 2.75) is 56.3 Å². The zero-order chi connectivity index (χ0) is 20.1. The van der Waals surface area contributed by atoms with Gasteiger partial charge in [-0.1, -0.05) is 31.7 Å². The molecule has 1 aromatic carbocycles. The van der Waals surface area contributed by atoms with E-state index < -0.39 is 17.1 Å². The number of carbonyl (C=O) groups excluding carboxylic acids is 1. The lowest BCUT2D eigenvalue weighted by Gasteiger charge is -2.57. The molecule has 1 aliphatic heterocycles. The van der Waals surface area contributed by atoms with Gasteiger partial charge in [0.15, 0.2) is 23.4 Å². The van der Waals surface area contributed by atoms with Crippen LogP contribution in [-0.4, -0.2) is 53.2 Å². The van der Waals surface area contributed by atoms with E-state index in [0.717, 1.165) is 17.7 Å². The average Bonchev–Trinajstić information content (AvgIpc) is 3.02. The minimum Gasteiger partial charge on any atom is -0.486 e. The summed E-state index contributed by atoms with van der Waals surface area (Å²) in [5, 5.41) is 12.1. The monoisotopic (exact) mass is 383 g/mol. The first-order valence-corrected chi connectivity index (χ1v) is 10.1. The number of nitrogens with zero attached hydrogens (tertiary/aromatic N) is 1. The molecule has 0 aromatic heterocycles. The van der Waals surface area contributed by atoms with E-state index in [-0.39, 0.29) is 11.8 Å². The number of benzene rings is 1. The molecular weight excluding hydrogens is 354 g/mol. The molecule has 1 aromatic rings. The molecule has 5 heteroatoms. The molecule has 1 heterocycles. The van der Waals surface area contributed by atoms with E-state index in [1.54, 1.807) is 6.08 Å². The van der Waals surface area contributed by atoms with E-state index in [9.17, 15) is 9.90 Å². The van der Waals surface area contributed by atoms with Crippen LogP contribution in [0.1, 0.15) is 37.8 Å². The predicted octanol–water partition coefficient (Wildman–Crippen LogP) is 2.80. The van der Waals surface area contributed by atoms with Gasteiger partial charge in [0.1, 0.15) is 6.61 Å². The topological polar surface area (TPSA) is 59.0 Å². The first-order valence-electron chi connectivity index (χ1n) is 10.1. The standard InChI is InChI=1S/C23H29NO4/c1-5-12-24(7-3)18-14-15-8-9-17(27-13-6-2)20-19(15)22(4)21(28-20)16(25)10-11-23(18,22)26/h5-6,8-9,18,21,26H,1-2,7,10-14H2,3-4H3/t18-,21+,22+,23-/m1/s1. The predicted molar refractivity (Wildman–Crippen MR) is 108 cm³/mol. The summed E-state index contributed by atoms with van der Waals surface area (Å²) in [6.45, 7) is 13.5. The highest BCUT2D eigenvalue weighted by atomic mass is 16.5. The second kappa shape index (κ2) is 6.75. The van der Waals surface area contributed by atoms with Crippen molar-refractivity contribution in [3.05, 3.63) is 48.6 Å². The fraction of sp³-hybridized carbons (Fsp3) is 0.522. The van der Waals surface area contributed by atoms with Gasteiger partial charge < -0.3 is 14.6 Å². The van der Waals surface area contributed by atoms with Crippen LogP contribution in [0.5, 0.6) is 11.5 Å². The Bertz CT molecular complexity index is 834. The van der Waals surface area contributed by atoms with Crippen LogP contribution in [-0.2, 0) is 16.6 Å². The van der Waals surface area contributed by atoms with Gasteiger partial charge in [0.05, 0.1) is 11.0 Å². The average molecular weight is 383 g/mol. The van der Waals surface area contributed by atoms with Crippen LogP contribution in [0.4, 0.5) is 0 Å². The van der Waals surface area contributed by atoms with Gasteiger partial charge in [-0.3, -0.25) is 9.69 Å². The smallest absolute Gasteiger partial charge is 0.174 e. The molecule has 0 amide bonds. The molecule has 0 unspecified atom stereocenters. The Kier molecular flexibility index (Phi) is 4.63. The number of ketones is 1. The van der Waals surface area contributed by atoms with Crippen molar-refractivity contribution in [2.24, 2.45) is 0 Å². The third-order valence-electron chi connectivity index (χ3n) is 6.96. The molecule has 0 bridgehead atoms. The maximum atomic E-state index is 12.8. The van der Waals surface area contributed by atoms with Crippen LogP contribution in [0.3, 0.4) is 0 Å². The minimum absolute atomic E-state index is 0.0522. The highest BCUT2D eigenvalue weighted by Crippen LogP contribution is 2.61. The van der Waals surface area contributed by atoms with Gasteiger partial charge >= 0.3 is 0 Å². The van der Waals surface area contributed by atoms with E-state index in [0.29, 0.717) is 43.9 Å². The fourth-order valence-corrected chi connectivity index (χ4v) is 5.59. The van der Waals surface area contributed by atoms with Gasteiger partial charge in [0, 0.05) is 24.6 Å². The van der Waals surface area contributed by atoms with Gasteiger partial charge in [-0.2, -0.15) is 0 Å². The number of Topliss-reactive ketones (excluding diaryl/α,β-unsaturated/α-hetero) is 1. The van der Waals surface area contributed by atoms with Gasteiger partial charge in [-0.05, 0) is 37.9 Å². The highest BCUT2D eigenvalue weighted by molar-refractivity contribution is 5.89. The Labute approximate surface area is 166 Å². The second-order valence-corrected chi connectivity index (χ2v) is 8.21. The summed E-state index contributed by atoms with van der Waals surface area (Å²) >= 11 is 0. The molecule has 150 valence electrons. The molecule has 0 spiro atoms. The Balaban J connectivity index is 1.90. The molecule has 2 aliphatic carbocycles. The summed E-state index contributed by atoms with van der Waals surface area (Å²) < 4.78 is 12.0. The van der Waals surface area contributed by atoms with Crippen LogP contribution in [0.2, 0.25) is 0 Å². The van der Waals surface area contributed by atoms with Crippen molar-refractivity contribution >= 4 is 5.78 Å². The maximum absolute atomic E-state index is 12.8. The maximum Gasteiger partial charge on any atom is 0.174 e. The number of aliphatic hydroxyl groups is 1. The van der Waals surface area contributed by atoms with E-state index in [2.05, 4.69) is 31.0 Å². The molecule has 4 rings (SSSR count). The van der Waals surface area contributed by atoms with Crippen LogP contribution in [0.15, 0.2) is 37.4 Å². The number of carbonyl (C=O) groups is 1. The first kappa shape index (κ1) is 19.2. The molecule has 0 saturated heterocycles. The molecule has 4 atom stereocenters. The molecule has 0 radical (unpaired) electrons. The summed E-state index contributed by atoms with van der Waals surface area (Å²) in [4.78, 5) is 15.1. The van der Waals surface area contributed by atoms with Crippen molar-refractivity contribution in [1.82, 2.24) is 4.90 Å². The highest BCUT2D eigenvalue weighted by Gasteiger charge is 2.69. The van der Waals surface area contributed by atoms with E-state index in [1.807, 2.05) is 19.1 Å². The van der Waals surface area contributed by atoms with Crippen molar-refractivity contribution in [2.75, 3.05) is 19.7 Å². The molecule has 28 heavy (non-hydrogen) atoms. The van der Waals surface area contributed by atoms with Crippen molar-refractivity contribution in [3.63, 3.8) is 0 Å². The number of hydrogen-bond donors (Lipinski definition) is 1. The third-order valence-corrected chi connectivity index (χ3v) is 6.96. The van der Waals surface area contributed by atoms with Gasteiger partial charge in [0.2, 0.25) is 0 Å². The van der Waals surface area contributed by atoms with Gasteiger partial charge in [-0.25, -0.2) is 0 Å². The summed E-state index contributed by atoms with van der Waals surface area (Å²) in [6.07, 6.45) is 4.35. The SMILES string of the molecule is C=CCOc1ccc2c3c1O[C@H]1C(=O)CC[C@@](O)([C@H](N(CC)CC=C)C2)[C@@]31C. The molecule has 5 nitrogen and oxygen atoms in total. The molecule has 1 N–H and O–H groups in total. The molecular formula is C23H29NO4. The van der Waals surface area contributed by atoms with Crippen LogP contribution < -0.4 is 9.47 Å². The molecule has 1 saturated carbocycles. The summed E-state index contributed by atoms with van der Waals surface area (Å²) in [7, 11) is 0. The zero-order valence-electron chi connectivity index (χ0n) is 16.7. The lowest BCUT2D eigenvalue weighted by atomic mass is 9.52. The van der Waals surface area contributed by atoms with E-state index in [1.165, 1.54) is 0 Å². The van der Waals surface area contributed by atoms with E-state index >= 15 is 0 Å². The van der Waals surface area contributed by atoms with Crippen molar-refractivity contribution in [3.8, 4) is 11.5 Å². The summed E-state index contributed by atoms with van der Waals surface area (Å²) in [5.74, 6) is 1.28. The Hall–Kier alpha value is -2.11. The summed E-state index contributed by atoms with van der Waals surface area (Å²) in [6, 6.07) is 3.87. The molecule has 3 aliphatic rings. The molecule has 1 fully saturated rings. The van der Waals surface area contributed by atoms with E-state index in [4.69, 9.17) is 9.47 Å². The Morgan fingerprint density at radius 2 is 2.18 bits per heavy atom. The van der Waals surface area contributed by atoms with Crippen LogP contribution in [0.25, 0.3) is 0 Å². The van der Waals surface area contributed by atoms with Crippen LogP contribution in [0, 0.1) is 0 Å². The van der Waals surface area contributed by atoms with Crippen molar-refractivity contribution in [1.29, 1.82) is 0 Å². The lowest BCUT2D eigenvalue weighted by Crippen LogP contribution is -2.72.